The predicted octanol–water partition coefficient (Wildman–Crippen LogP) is 3.39. The van der Waals surface area contributed by atoms with E-state index < -0.39 is 24.3 Å². The summed E-state index contributed by atoms with van der Waals surface area (Å²) in [5.41, 5.74) is -0.114. The van der Waals surface area contributed by atoms with Crippen LogP contribution < -0.4 is 15.5 Å². The standard InChI is InChI=1S/C22H25ClF2N4O4S/c1-3-28(2)16(11-26-22(32)17-6-7-18(23)34-17)21(31)27-13-4-5-15(14(10-13)20(24)25)29-8-9-33-12-19(29)30/h4-7,10,16,20H,3,8-9,11-12H2,1-2H3,(H,26,32)(H,27,31)/t16-/m1/s1. The summed E-state index contributed by atoms with van der Waals surface area (Å²) in [6, 6.07) is 6.47. The minimum Gasteiger partial charge on any atom is -0.370 e. The maximum Gasteiger partial charge on any atom is 0.265 e. The summed E-state index contributed by atoms with van der Waals surface area (Å²) in [7, 11) is 1.72. The summed E-state index contributed by atoms with van der Waals surface area (Å²) >= 11 is 6.99. The first-order valence-corrected chi connectivity index (χ1v) is 11.8. The number of carbonyl (C=O) groups excluding carboxylic acids is 3. The Balaban J connectivity index is 1.74. The van der Waals surface area contributed by atoms with E-state index in [0.717, 1.165) is 17.4 Å². The van der Waals surface area contributed by atoms with Crippen molar-refractivity contribution in [2.75, 3.05) is 50.1 Å². The average molecular weight is 515 g/mol. The lowest BCUT2D eigenvalue weighted by Gasteiger charge is -2.29. The highest BCUT2D eigenvalue weighted by Gasteiger charge is 2.27. The van der Waals surface area contributed by atoms with Gasteiger partial charge in [-0.05, 0) is 43.9 Å². The van der Waals surface area contributed by atoms with E-state index in [1.807, 2.05) is 6.92 Å². The molecular formula is C22H25ClF2N4O4S. The van der Waals surface area contributed by atoms with E-state index in [4.69, 9.17) is 16.3 Å². The Morgan fingerprint density at radius 3 is 2.68 bits per heavy atom. The molecule has 0 aliphatic carbocycles. The smallest absolute Gasteiger partial charge is 0.265 e. The molecule has 184 valence electrons. The van der Waals surface area contributed by atoms with Gasteiger partial charge in [0.1, 0.15) is 12.6 Å². The first-order valence-electron chi connectivity index (χ1n) is 10.6. The van der Waals surface area contributed by atoms with E-state index in [0.29, 0.717) is 15.8 Å². The second-order valence-corrected chi connectivity index (χ2v) is 9.28. The fourth-order valence-electron chi connectivity index (χ4n) is 3.43. The Morgan fingerprint density at radius 2 is 2.06 bits per heavy atom. The fraction of sp³-hybridized carbons (Fsp3) is 0.409. The molecular weight excluding hydrogens is 490 g/mol. The number of rotatable bonds is 9. The Morgan fingerprint density at radius 1 is 1.29 bits per heavy atom. The van der Waals surface area contributed by atoms with E-state index >= 15 is 0 Å². The molecule has 1 aliphatic rings. The van der Waals surface area contributed by atoms with Crippen molar-refractivity contribution < 1.29 is 27.9 Å². The van der Waals surface area contributed by atoms with Gasteiger partial charge in [-0.25, -0.2) is 8.78 Å². The number of thiophene rings is 1. The van der Waals surface area contributed by atoms with Crippen molar-refractivity contribution in [2.45, 2.75) is 19.4 Å². The van der Waals surface area contributed by atoms with Crippen LogP contribution >= 0.6 is 22.9 Å². The van der Waals surface area contributed by atoms with Gasteiger partial charge in [0, 0.05) is 24.3 Å². The third-order valence-electron chi connectivity index (χ3n) is 5.39. The molecule has 1 aromatic carbocycles. The Labute approximate surface area is 204 Å². The zero-order chi connectivity index (χ0) is 24.8. The number of nitrogens with zero attached hydrogens (tertiary/aromatic N) is 2. The van der Waals surface area contributed by atoms with Crippen molar-refractivity contribution in [1.29, 1.82) is 0 Å². The van der Waals surface area contributed by atoms with Gasteiger partial charge in [0.2, 0.25) is 5.91 Å². The van der Waals surface area contributed by atoms with E-state index in [-0.39, 0.29) is 49.1 Å². The lowest BCUT2D eigenvalue weighted by atomic mass is 10.1. The van der Waals surface area contributed by atoms with Crippen LogP contribution in [0.3, 0.4) is 0 Å². The molecule has 0 unspecified atom stereocenters. The highest BCUT2D eigenvalue weighted by molar-refractivity contribution is 7.18. The molecule has 3 rings (SSSR count). The van der Waals surface area contributed by atoms with E-state index in [2.05, 4.69) is 10.6 Å². The number of hydrogen-bond acceptors (Lipinski definition) is 6. The Kier molecular flexibility index (Phi) is 8.95. The number of alkyl halides is 2. The zero-order valence-corrected chi connectivity index (χ0v) is 20.2. The quantitative estimate of drug-likeness (QED) is 0.535. The summed E-state index contributed by atoms with van der Waals surface area (Å²) in [4.78, 5) is 40.9. The molecule has 2 N–H and O–H groups in total. The number of ether oxygens (including phenoxy) is 1. The molecule has 3 amide bonds. The van der Waals surface area contributed by atoms with Gasteiger partial charge in [-0.3, -0.25) is 19.3 Å². The summed E-state index contributed by atoms with van der Waals surface area (Å²) in [6.07, 6.45) is -2.85. The van der Waals surface area contributed by atoms with Crippen LogP contribution in [-0.4, -0.2) is 68.6 Å². The van der Waals surface area contributed by atoms with Crippen molar-refractivity contribution in [1.82, 2.24) is 10.2 Å². The average Bonchev–Trinajstić information content (AvgIpc) is 3.25. The van der Waals surface area contributed by atoms with E-state index in [1.54, 1.807) is 24.1 Å². The molecule has 0 bridgehead atoms. The molecule has 1 fully saturated rings. The molecule has 12 heteroatoms. The molecule has 1 aliphatic heterocycles. The van der Waals surface area contributed by atoms with Gasteiger partial charge >= 0.3 is 0 Å². The first kappa shape index (κ1) is 26.0. The molecule has 1 aromatic heterocycles. The van der Waals surface area contributed by atoms with Gasteiger partial charge in [0.25, 0.3) is 18.2 Å². The minimum atomic E-state index is -2.85. The van der Waals surface area contributed by atoms with Crippen LogP contribution in [0.15, 0.2) is 30.3 Å². The number of benzene rings is 1. The van der Waals surface area contributed by atoms with Crippen LogP contribution in [0.25, 0.3) is 0 Å². The first-order chi connectivity index (χ1) is 16.2. The molecule has 0 radical (unpaired) electrons. The third-order valence-corrected chi connectivity index (χ3v) is 6.62. The Hall–Kier alpha value is -2.60. The van der Waals surface area contributed by atoms with Crippen LogP contribution in [0.5, 0.6) is 0 Å². The number of hydrogen-bond donors (Lipinski definition) is 2. The summed E-state index contributed by atoms with van der Waals surface area (Å²) in [5.74, 6) is -1.24. The van der Waals surface area contributed by atoms with Crippen LogP contribution in [0.4, 0.5) is 20.2 Å². The van der Waals surface area contributed by atoms with Crippen molar-refractivity contribution in [3.8, 4) is 0 Å². The Bertz CT molecular complexity index is 1050. The van der Waals surface area contributed by atoms with E-state index in [1.165, 1.54) is 17.0 Å². The molecule has 1 atom stereocenters. The normalized spacial score (nSPS) is 15.0. The second kappa shape index (κ2) is 11.7. The molecule has 0 saturated carbocycles. The lowest BCUT2D eigenvalue weighted by molar-refractivity contribution is -0.125. The van der Waals surface area contributed by atoms with Gasteiger partial charge in [0.15, 0.2) is 0 Å². The molecule has 0 spiro atoms. The maximum atomic E-state index is 13.8. The summed E-state index contributed by atoms with van der Waals surface area (Å²) in [6.45, 7) is 2.62. The topological polar surface area (TPSA) is 91.0 Å². The number of halogens is 3. The number of amides is 3. The lowest BCUT2D eigenvalue weighted by Crippen LogP contribution is -2.49. The SMILES string of the molecule is CCN(C)[C@H](CNC(=O)c1ccc(Cl)s1)C(=O)Nc1ccc(N2CCOCC2=O)c(C(F)F)c1. The third kappa shape index (κ3) is 6.29. The van der Waals surface area contributed by atoms with Crippen molar-refractivity contribution in [2.24, 2.45) is 0 Å². The molecule has 1 saturated heterocycles. The van der Waals surface area contributed by atoms with Crippen molar-refractivity contribution >= 4 is 52.0 Å². The minimum absolute atomic E-state index is 0.00654. The molecule has 34 heavy (non-hydrogen) atoms. The zero-order valence-electron chi connectivity index (χ0n) is 18.6. The summed E-state index contributed by atoms with van der Waals surface area (Å²) < 4.78 is 33.1. The molecule has 2 aromatic rings. The molecule has 2 heterocycles. The monoisotopic (exact) mass is 514 g/mol. The van der Waals surface area contributed by atoms with E-state index in [9.17, 15) is 23.2 Å². The largest absolute Gasteiger partial charge is 0.370 e. The van der Waals surface area contributed by atoms with Crippen LogP contribution in [0.1, 0.15) is 28.6 Å². The summed E-state index contributed by atoms with van der Waals surface area (Å²) in [5, 5.41) is 5.36. The van der Waals surface area contributed by atoms with Crippen LogP contribution in [0, 0.1) is 0 Å². The highest BCUT2D eigenvalue weighted by Crippen LogP contribution is 2.33. The number of carbonyl (C=O) groups is 3. The maximum absolute atomic E-state index is 13.8. The van der Waals surface area contributed by atoms with Crippen LogP contribution in [-0.2, 0) is 14.3 Å². The number of likely N-dealkylation sites (N-methyl/N-ethyl adjacent to an activating group) is 1. The fourth-order valence-corrected chi connectivity index (χ4v) is 4.39. The van der Waals surface area contributed by atoms with Crippen molar-refractivity contribution in [3.05, 3.63) is 45.1 Å². The van der Waals surface area contributed by atoms with Crippen LogP contribution in [0.2, 0.25) is 4.34 Å². The van der Waals surface area contributed by atoms with Crippen molar-refractivity contribution in [3.63, 3.8) is 0 Å². The number of morpholine rings is 1. The highest BCUT2D eigenvalue weighted by atomic mass is 35.5. The van der Waals surface area contributed by atoms with Gasteiger partial charge in [-0.1, -0.05) is 18.5 Å². The second-order valence-electron chi connectivity index (χ2n) is 7.56. The number of nitrogens with one attached hydrogen (secondary N) is 2. The van der Waals surface area contributed by atoms with Gasteiger partial charge in [-0.2, -0.15) is 0 Å². The van der Waals surface area contributed by atoms with Gasteiger partial charge in [-0.15, -0.1) is 11.3 Å². The predicted molar refractivity (Wildman–Crippen MR) is 127 cm³/mol. The number of anilines is 2. The van der Waals surface area contributed by atoms with Gasteiger partial charge < -0.3 is 20.3 Å². The van der Waals surface area contributed by atoms with Gasteiger partial charge in [0.05, 0.1) is 21.5 Å². The molecule has 8 nitrogen and oxygen atoms in total.